The molecule has 0 aromatic heterocycles. The number of rotatable bonds is 5. The summed E-state index contributed by atoms with van der Waals surface area (Å²) in [5, 5.41) is 0. The van der Waals surface area contributed by atoms with E-state index in [4.69, 9.17) is 4.74 Å². The van der Waals surface area contributed by atoms with Gasteiger partial charge in [-0.1, -0.05) is 32.0 Å². The Kier molecular flexibility index (Phi) is 5.08. The molecule has 0 bridgehead atoms. The van der Waals surface area contributed by atoms with Crippen LogP contribution in [0.15, 0.2) is 47.4 Å². The van der Waals surface area contributed by atoms with Crippen LogP contribution in [0.2, 0.25) is 0 Å². The smallest absolute Gasteiger partial charge is 0.241 e. The summed E-state index contributed by atoms with van der Waals surface area (Å²) >= 11 is 0. The summed E-state index contributed by atoms with van der Waals surface area (Å²) in [6.45, 7) is 5.65. The number of benzene rings is 2. The normalized spacial score (nSPS) is 18.8. The molecule has 1 heterocycles. The first kappa shape index (κ1) is 18.9. The predicted octanol–water partition coefficient (Wildman–Crippen LogP) is 4.50. The Bertz CT molecular complexity index is 907. The molecule has 0 unspecified atom stereocenters. The van der Waals surface area contributed by atoms with Crippen LogP contribution >= 0.6 is 0 Å². The molecule has 0 saturated carbocycles. The molecule has 0 saturated heterocycles. The minimum atomic E-state index is -3.78. The lowest BCUT2D eigenvalue weighted by atomic mass is 9.84. The summed E-state index contributed by atoms with van der Waals surface area (Å²) in [7, 11) is -3.78. The van der Waals surface area contributed by atoms with Gasteiger partial charge in [-0.3, -0.25) is 0 Å². The summed E-state index contributed by atoms with van der Waals surface area (Å²) in [4.78, 5) is 0.0685. The second-order valence-corrected chi connectivity index (χ2v) is 8.53. The molecular weight excluding hydrogens is 353 g/mol. The van der Waals surface area contributed by atoms with Crippen molar-refractivity contribution in [3.05, 3.63) is 59.4 Å². The summed E-state index contributed by atoms with van der Waals surface area (Å²) < 4.78 is 48.3. The van der Waals surface area contributed by atoms with Crippen LogP contribution in [0.5, 0.6) is 5.75 Å². The van der Waals surface area contributed by atoms with E-state index in [1.807, 2.05) is 38.1 Å². The highest BCUT2D eigenvalue weighted by molar-refractivity contribution is 7.89. The zero-order valence-electron chi connectivity index (χ0n) is 15.3. The SMILES string of the molecule is CCC1(CC)C[C@@H](NS(=O)(=O)c2ccc(F)c(C)c2)c2ccccc2O1. The number of nitrogens with one attached hydrogen (secondary N) is 1. The zero-order chi connectivity index (χ0) is 18.9. The van der Waals surface area contributed by atoms with Crippen molar-refractivity contribution in [2.75, 3.05) is 0 Å². The fourth-order valence-electron chi connectivity index (χ4n) is 3.45. The number of aryl methyl sites for hydroxylation is 1. The summed E-state index contributed by atoms with van der Waals surface area (Å²) in [5.41, 5.74) is 0.726. The maximum atomic E-state index is 13.5. The number of halogens is 1. The van der Waals surface area contributed by atoms with Crippen molar-refractivity contribution >= 4 is 10.0 Å². The van der Waals surface area contributed by atoms with Crippen molar-refractivity contribution in [2.45, 2.75) is 56.6 Å². The van der Waals surface area contributed by atoms with Crippen LogP contribution in [0.4, 0.5) is 4.39 Å². The van der Waals surface area contributed by atoms with E-state index < -0.39 is 27.5 Å². The maximum absolute atomic E-state index is 13.5. The number of fused-ring (bicyclic) bond motifs is 1. The van der Waals surface area contributed by atoms with Gasteiger partial charge < -0.3 is 4.74 Å². The van der Waals surface area contributed by atoms with Crippen molar-refractivity contribution < 1.29 is 17.5 Å². The molecule has 1 aliphatic rings. The van der Waals surface area contributed by atoms with Gasteiger partial charge in [0.2, 0.25) is 10.0 Å². The van der Waals surface area contributed by atoms with Crippen molar-refractivity contribution in [2.24, 2.45) is 0 Å². The highest BCUT2D eigenvalue weighted by atomic mass is 32.2. The quantitative estimate of drug-likeness (QED) is 0.835. The molecule has 0 aliphatic carbocycles. The monoisotopic (exact) mass is 377 g/mol. The lowest BCUT2D eigenvalue weighted by molar-refractivity contribution is 0.0260. The van der Waals surface area contributed by atoms with Gasteiger partial charge in [-0.25, -0.2) is 17.5 Å². The van der Waals surface area contributed by atoms with E-state index in [9.17, 15) is 12.8 Å². The van der Waals surface area contributed by atoms with E-state index >= 15 is 0 Å². The zero-order valence-corrected chi connectivity index (χ0v) is 16.1. The Labute approximate surface area is 154 Å². The van der Waals surface area contributed by atoms with E-state index in [0.29, 0.717) is 17.7 Å². The van der Waals surface area contributed by atoms with Crippen LogP contribution in [-0.4, -0.2) is 14.0 Å². The van der Waals surface area contributed by atoms with E-state index in [2.05, 4.69) is 4.72 Å². The summed E-state index contributed by atoms with van der Waals surface area (Å²) in [6.07, 6.45) is 2.12. The van der Waals surface area contributed by atoms with Gasteiger partial charge in [0.05, 0.1) is 10.9 Å². The van der Waals surface area contributed by atoms with Crippen LogP contribution in [0.3, 0.4) is 0 Å². The first-order chi connectivity index (χ1) is 12.3. The van der Waals surface area contributed by atoms with Gasteiger partial charge in [-0.15, -0.1) is 0 Å². The first-order valence-corrected chi connectivity index (χ1v) is 10.3. The molecule has 1 atom stereocenters. The Morgan fingerprint density at radius 1 is 1.19 bits per heavy atom. The number of sulfonamides is 1. The fraction of sp³-hybridized carbons (Fsp3) is 0.400. The molecule has 2 aromatic carbocycles. The molecule has 26 heavy (non-hydrogen) atoms. The average Bonchev–Trinajstić information content (AvgIpc) is 2.63. The standard InChI is InChI=1S/C20H24FNO3S/c1-4-20(5-2)13-18(16-8-6-7-9-19(16)25-20)22-26(23,24)15-10-11-17(21)14(3)12-15/h6-12,18,22H,4-5,13H2,1-3H3/t18-/m1/s1. The summed E-state index contributed by atoms with van der Waals surface area (Å²) in [6, 6.07) is 11.0. The molecule has 2 aromatic rings. The molecule has 1 N–H and O–H groups in total. The molecule has 0 amide bonds. The lowest BCUT2D eigenvalue weighted by Crippen LogP contribution is -2.44. The Morgan fingerprint density at radius 3 is 2.54 bits per heavy atom. The van der Waals surface area contributed by atoms with E-state index in [-0.39, 0.29) is 4.90 Å². The minimum Gasteiger partial charge on any atom is -0.487 e. The van der Waals surface area contributed by atoms with E-state index in [0.717, 1.165) is 18.4 Å². The van der Waals surface area contributed by atoms with Gasteiger partial charge >= 0.3 is 0 Å². The van der Waals surface area contributed by atoms with Crippen molar-refractivity contribution in [1.29, 1.82) is 0 Å². The van der Waals surface area contributed by atoms with Gasteiger partial charge in [0.1, 0.15) is 17.2 Å². The van der Waals surface area contributed by atoms with Crippen LogP contribution < -0.4 is 9.46 Å². The fourth-order valence-corrected chi connectivity index (χ4v) is 4.75. The Morgan fingerprint density at radius 2 is 1.88 bits per heavy atom. The third-order valence-corrected chi connectivity index (χ3v) is 6.69. The molecule has 4 nitrogen and oxygen atoms in total. The first-order valence-electron chi connectivity index (χ1n) is 8.86. The number of ether oxygens (including phenoxy) is 1. The van der Waals surface area contributed by atoms with Crippen LogP contribution in [0.25, 0.3) is 0 Å². The van der Waals surface area contributed by atoms with Gasteiger partial charge in [0, 0.05) is 12.0 Å². The largest absolute Gasteiger partial charge is 0.487 e. The second-order valence-electron chi connectivity index (χ2n) is 6.82. The summed E-state index contributed by atoms with van der Waals surface area (Å²) in [5.74, 6) is 0.293. The Hall–Kier alpha value is -1.92. The molecular formula is C20H24FNO3S. The molecule has 3 rings (SSSR count). The molecule has 0 radical (unpaired) electrons. The molecule has 0 spiro atoms. The highest BCUT2D eigenvalue weighted by Gasteiger charge is 2.40. The third-order valence-electron chi connectivity index (χ3n) is 5.22. The van der Waals surface area contributed by atoms with Crippen LogP contribution in [0, 0.1) is 12.7 Å². The second kappa shape index (κ2) is 7.00. The van der Waals surface area contributed by atoms with Gasteiger partial charge in [0.15, 0.2) is 0 Å². The van der Waals surface area contributed by atoms with Crippen LogP contribution in [-0.2, 0) is 10.0 Å². The maximum Gasteiger partial charge on any atom is 0.241 e. The number of hydrogen-bond acceptors (Lipinski definition) is 3. The van der Waals surface area contributed by atoms with Crippen molar-refractivity contribution in [3.63, 3.8) is 0 Å². The van der Waals surface area contributed by atoms with Crippen LogP contribution in [0.1, 0.15) is 50.3 Å². The topological polar surface area (TPSA) is 55.4 Å². The molecule has 1 aliphatic heterocycles. The highest BCUT2D eigenvalue weighted by Crippen LogP contribution is 2.43. The van der Waals surface area contributed by atoms with E-state index in [1.165, 1.54) is 18.2 Å². The molecule has 140 valence electrons. The average molecular weight is 377 g/mol. The Balaban J connectivity index is 1.98. The van der Waals surface area contributed by atoms with Gasteiger partial charge in [-0.05, 0) is 49.6 Å². The van der Waals surface area contributed by atoms with Gasteiger partial charge in [0.25, 0.3) is 0 Å². The molecule has 6 heteroatoms. The third kappa shape index (κ3) is 3.48. The molecule has 0 fully saturated rings. The lowest BCUT2D eigenvalue weighted by Gasteiger charge is -2.41. The van der Waals surface area contributed by atoms with E-state index in [1.54, 1.807) is 6.92 Å². The predicted molar refractivity (Wildman–Crippen MR) is 99.2 cm³/mol. The van der Waals surface area contributed by atoms with Crippen molar-refractivity contribution in [3.8, 4) is 5.75 Å². The van der Waals surface area contributed by atoms with Gasteiger partial charge in [-0.2, -0.15) is 0 Å². The minimum absolute atomic E-state index is 0.0685. The number of para-hydroxylation sites is 1. The van der Waals surface area contributed by atoms with Crippen molar-refractivity contribution in [1.82, 2.24) is 4.72 Å². The number of hydrogen-bond donors (Lipinski definition) is 1.